The van der Waals surface area contributed by atoms with Crippen LogP contribution >= 0.6 is 0 Å². The zero-order chi connectivity index (χ0) is 17.9. The van der Waals surface area contributed by atoms with Crippen molar-refractivity contribution in [2.45, 2.75) is 6.61 Å². The molecule has 6 heteroatoms. The number of aromatic nitrogens is 3. The lowest BCUT2D eigenvalue weighted by atomic mass is 10.1. The number of fused-ring (bicyclic) bond motifs is 1. The fourth-order valence-corrected chi connectivity index (χ4v) is 2.70. The Kier molecular flexibility index (Phi) is 4.15. The van der Waals surface area contributed by atoms with Gasteiger partial charge in [0.25, 0.3) is 0 Å². The van der Waals surface area contributed by atoms with E-state index in [1.54, 1.807) is 10.9 Å². The van der Waals surface area contributed by atoms with E-state index in [9.17, 15) is 9.18 Å². The van der Waals surface area contributed by atoms with Crippen molar-refractivity contribution in [3.05, 3.63) is 90.0 Å². The Labute approximate surface area is 148 Å². The topological polar surface area (TPSA) is 57.0 Å². The highest BCUT2D eigenvalue weighted by Gasteiger charge is 2.10. The Morgan fingerprint density at radius 1 is 1.00 bits per heavy atom. The number of esters is 1. The van der Waals surface area contributed by atoms with Gasteiger partial charge in [0.1, 0.15) is 18.1 Å². The molecule has 0 saturated heterocycles. The van der Waals surface area contributed by atoms with Crippen LogP contribution in [-0.4, -0.2) is 21.0 Å². The van der Waals surface area contributed by atoms with Crippen molar-refractivity contribution in [2.24, 2.45) is 0 Å². The van der Waals surface area contributed by atoms with Crippen LogP contribution in [0.25, 0.3) is 16.5 Å². The molecule has 1 heterocycles. The van der Waals surface area contributed by atoms with E-state index in [4.69, 9.17) is 4.74 Å². The van der Waals surface area contributed by atoms with Crippen LogP contribution in [0.3, 0.4) is 0 Å². The third-order valence-corrected chi connectivity index (χ3v) is 3.99. The van der Waals surface area contributed by atoms with E-state index in [0.717, 1.165) is 16.5 Å². The minimum absolute atomic E-state index is 0.0129. The van der Waals surface area contributed by atoms with Gasteiger partial charge in [-0.1, -0.05) is 41.6 Å². The Hall–Kier alpha value is -3.54. The number of carbonyl (C=O) groups excluding carboxylic acids is 1. The molecule has 4 aromatic rings. The van der Waals surface area contributed by atoms with Gasteiger partial charge in [-0.25, -0.2) is 13.9 Å². The first-order valence-corrected chi connectivity index (χ1v) is 8.03. The fourth-order valence-electron chi connectivity index (χ4n) is 2.70. The Morgan fingerprint density at radius 2 is 1.77 bits per heavy atom. The third kappa shape index (κ3) is 3.17. The van der Waals surface area contributed by atoms with Crippen LogP contribution in [-0.2, 0) is 11.3 Å². The van der Waals surface area contributed by atoms with E-state index in [1.807, 2.05) is 42.5 Å². The molecular formula is C20H14FN3O2. The standard InChI is InChI=1S/C20H14FN3O2/c21-16-10-8-15(9-11-16)20(25)26-13-17-12-24(23-22-17)19-7-3-5-14-4-1-2-6-18(14)19/h1-12H,13H2. The second-order valence-electron chi connectivity index (χ2n) is 5.74. The van der Waals surface area contributed by atoms with Crippen molar-refractivity contribution < 1.29 is 13.9 Å². The highest BCUT2D eigenvalue weighted by molar-refractivity contribution is 5.90. The summed E-state index contributed by atoms with van der Waals surface area (Å²) in [7, 11) is 0. The van der Waals surface area contributed by atoms with Crippen molar-refractivity contribution in [2.75, 3.05) is 0 Å². The van der Waals surface area contributed by atoms with Crippen LogP contribution in [0.15, 0.2) is 72.9 Å². The maximum atomic E-state index is 12.9. The van der Waals surface area contributed by atoms with E-state index in [2.05, 4.69) is 10.3 Å². The zero-order valence-electron chi connectivity index (χ0n) is 13.7. The van der Waals surface area contributed by atoms with Gasteiger partial charge >= 0.3 is 5.97 Å². The van der Waals surface area contributed by atoms with Crippen molar-refractivity contribution in [3.63, 3.8) is 0 Å². The van der Waals surface area contributed by atoms with Crippen LogP contribution in [0, 0.1) is 5.82 Å². The lowest BCUT2D eigenvalue weighted by Gasteiger charge is -2.05. The van der Waals surface area contributed by atoms with Crippen LogP contribution < -0.4 is 0 Å². The molecule has 26 heavy (non-hydrogen) atoms. The highest BCUT2D eigenvalue weighted by atomic mass is 19.1. The lowest BCUT2D eigenvalue weighted by Crippen LogP contribution is -2.05. The first-order valence-electron chi connectivity index (χ1n) is 8.03. The van der Waals surface area contributed by atoms with Gasteiger partial charge in [-0.05, 0) is 35.7 Å². The maximum absolute atomic E-state index is 12.9. The highest BCUT2D eigenvalue weighted by Crippen LogP contribution is 2.21. The molecule has 0 aliphatic carbocycles. The molecule has 4 rings (SSSR count). The van der Waals surface area contributed by atoms with E-state index >= 15 is 0 Å². The largest absolute Gasteiger partial charge is 0.455 e. The molecular weight excluding hydrogens is 333 g/mol. The van der Waals surface area contributed by atoms with Gasteiger partial charge in [0.15, 0.2) is 0 Å². The zero-order valence-corrected chi connectivity index (χ0v) is 13.7. The van der Waals surface area contributed by atoms with E-state index in [0.29, 0.717) is 5.69 Å². The second kappa shape index (κ2) is 6.76. The summed E-state index contributed by atoms with van der Waals surface area (Å²) < 4.78 is 19.8. The van der Waals surface area contributed by atoms with Crippen LogP contribution in [0.4, 0.5) is 4.39 Å². The molecule has 0 aliphatic heterocycles. The molecule has 0 fully saturated rings. The first-order chi connectivity index (χ1) is 12.7. The van der Waals surface area contributed by atoms with Crippen LogP contribution in [0.1, 0.15) is 16.1 Å². The molecule has 0 amide bonds. The molecule has 0 saturated carbocycles. The van der Waals surface area contributed by atoms with Gasteiger partial charge in [-0.15, -0.1) is 5.10 Å². The Balaban J connectivity index is 1.51. The van der Waals surface area contributed by atoms with Gasteiger partial charge < -0.3 is 4.74 Å². The minimum atomic E-state index is -0.537. The summed E-state index contributed by atoms with van der Waals surface area (Å²) in [4.78, 5) is 12.0. The average Bonchev–Trinajstić information content (AvgIpc) is 3.15. The smallest absolute Gasteiger partial charge is 0.338 e. The maximum Gasteiger partial charge on any atom is 0.338 e. The van der Waals surface area contributed by atoms with E-state index < -0.39 is 11.8 Å². The second-order valence-corrected chi connectivity index (χ2v) is 5.74. The van der Waals surface area contributed by atoms with Crippen molar-refractivity contribution in [3.8, 4) is 5.69 Å². The summed E-state index contributed by atoms with van der Waals surface area (Å²) in [6.45, 7) is -0.0129. The van der Waals surface area contributed by atoms with E-state index in [-0.39, 0.29) is 12.2 Å². The molecule has 3 aromatic carbocycles. The van der Waals surface area contributed by atoms with E-state index in [1.165, 1.54) is 24.3 Å². The normalized spacial score (nSPS) is 10.8. The summed E-state index contributed by atoms with van der Waals surface area (Å²) in [6, 6.07) is 19.1. The summed E-state index contributed by atoms with van der Waals surface area (Å²) >= 11 is 0. The Bertz CT molecular complexity index is 1070. The predicted octanol–water partition coefficient (Wildman–Crippen LogP) is 3.92. The number of nitrogens with zero attached hydrogens (tertiary/aromatic N) is 3. The predicted molar refractivity (Wildman–Crippen MR) is 94.4 cm³/mol. The van der Waals surface area contributed by atoms with Gasteiger partial charge in [-0.3, -0.25) is 0 Å². The van der Waals surface area contributed by atoms with Crippen molar-refractivity contribution >= 4 is 16.7 Å². The first kappa shape index (κ1) is 16.0. The molecule has 0 unspecified atom stereocenters. The van der Waals surface area contributed by atoms with Gasteiger partial charge in [0, 0.05) is 5.39 Å². The number of benzene rings is 3. The Morgan fingerprint density at radius 3 is 2.62 bits per heavy atom. The number of carbonyl (C=O) groups is 1. The SMILES string of the molecule is O=C(OCc1cn(-c2cccc3ccccc23)nn1)c1ccc(F)cc1. The molecule has 0 bridgehead atoms. The molecule has 5 nitrogen and oxygen atoms in total. The lowest BCUT2D eigenvalue weighted by molar-refractivity contribution is 0.0467. The average molecular weight is 347 g/mol. The molecule has 1 aromatic heterocycles. The summed E-state index contributed by atoms with van der Waals surface area (Å²) in [5, 5.41) is 10.3. The number of ether oxygens (including phenoxy) is 1. The monoisotopic (exact) mass is 347 g/mol. The minimum Gasteiger partial charge on any atom is -0.455 e. The quantitative estimate of drug-likeness (QED) is 0.525. The molecule has 0 aliphatic rings. The summed E-state index contributed by atoms with van der Waals surface area (Å²) in [5.74, 6) is -0.940. The van der Waals surface area contributed by atoms with Gasteiger partial charge in [0.05, 0.1) is 17.4 Å². The molecule has 0 N–H and O–H groups in total. The number of halogens is 1. The third-order valence-electron chi connectivity index (χ3n) is 3.99. The summed E-state index contributed by atoms with van der Waals surface area (Å²) in [6.07, 6.45) is 1.72. The van der Waals surface area contributed by atoms with Crippen molar-refractivity contribution in [1.29, 1.82) is 0 Å². The molecule has 128 valence electrons. The van der Waals surface area contributed by atoms with Gasteiger partial charge in [0.2, 0.25) is 0 Å². The van der Waals surface area contributed by atoms with Gasteiger partial charge in [-0.2, -0.15) is 0 Å². The molecule has 0 spiro atoms. The summed E-state index contributed by atoms with van der Waals surface area (Å²) in [5.41, 5.74) is 1.70. The number of rotatable bonds is 4. The fraction of sp³-hybridized carbons (Fsp3) is 0.0500. The molecule has 0 radical (unpaired) electrons. The van der Waals surface area contributed by atoms with Crippen molar-refractivity contribution in [1.82, 2.24) is 15.0 Å². The van der Waals surface area contributed by atoms with Crippen LogP contribution in [0.2, 0.25) is 0 Å². The molecule has 0 atom stereocenters. The number of hydrogen-bond acceptors (Lipinski definition) is 4. The number of hydrogen-bond donors (Lipinski definition) is 0. The van der Waals surface area contributed by atoms with Crippen LogP contribution in [0.5, 0.6) is 0 Å².